The second-order valence-electron chi connectivity index (χ2n) is 5.80. The molecular formula is C21H19Cl2N3O4. The molecule has 0 atom stereocenters. The third-order valence-corrected chi connectivity index (χ3v) is 4.48. The van der Waals surface area contributed by atoms with E-state index in [0.717, 1.165) is 0 Å². The van der Waals surface area contributed by atoms with E-state index in [9.17, 15) is 9.59 Å². The van der Waals surface area contributed by atoms with Crippen molar-refractivity contribution in [2.75, 3.05) is 20.3 Å². The number of hydrazone groups is 1. The van der Waals surface area contributed by atoms with Crippen molar-refractivity contribution < 1.29 is 19.1 Å². The van der Waals surface area contributed by atoms with Gasteiger partial charge in [0, 0.05) is 24.1 Å². The van der Waals surface area contributed by atoms with Crippen molar-refractivity contribution >= 4 is 41.2 Å². The van der Waals surface area contributed by atoms with Crippen LogP contribution < -0.4 is 20.2 Å². The number of benzene rings is 2. The van der Waals surface area contributed by atoms with E-state index in [1.807, 2.05) is 0 Å². The van der Waals surface area contributed by atoms with Crippen molar-refractivity contribution in [2.45, 2.75) is 6.42 Å². The van der Waals surface area contributed by atoms with Crippen LogP contribution in [-0.4, -0.2) is 38.3 Å². The van der Waals surface area contributed by atoms with Gasteiger partial charge in [-0.1, -0.05) is 35.2 Å². The van der Waals surface area contributed by atoms with E-state index in [4.69, 9.17) is 39.1 Å². The van der Waals surface area contributed by atoms with Gasteiger partial charge in [-0.3, -0.25) is 9.59 Å². The Labute approximate surface area is 184 Å². The highest BCUT2D eigenvalue weighted by atomic mass is 35.5. The second-order valence-corrected chi connectivity index (χ2v) is 6.61. The Morgan fingerprint density at radius 1 is 1.23 bits per heavy atom. The Bertz CT molecular complexity index is 987. The summed E-state index contributed by atoms with van der Waals surface area (Å²) in [5, 5.41) is 7.16. The summed E-state index contributed by atoms with van der Waals surface area (Å²) < 4.78 is 10.7. The molecule has 2 aromatic carbocycles. The van der Waals surface area contributed by atoms with Crippen LogP contribution in [0.5, 0.6) is 11.5 Å². The number of hydrogen-bond donors (Lipinski definition) is 2. The lowest BCUT2D eigenvalue weighted by Gasteiger charge is -2.11. The average Bonchev–Trinajstić information content (AvgIpc) is 2.74. The summed E-state index contributed by atoms with van der Waals surface area (Å²) in [6.45, 7) is 0.183. The molecule has 0 radical (unpaired) electrons. The molecule has 2 aromatic rings. The first-order valence-corrected chi connectivity index (χ1v) is 9.50. The van der Waals surface area contributed by atoms with E-state index in [0.29, 0.717) is 27.6 Å². The van der Waals surface area contributed by atoms with Gasteiger partial charge in [0.1, 0.15) is 6.61 Å². The van der Waals surface area contributed by atoms with Crippen molar-refractivity contribution in [2.24, 2.45) is 5.10 Å². The molecule has 2 rings (SSSR count). The van der Waals surface area contributed by atoms with Gasteiger partial charge in [0.05, 0.1) is 23.4 Å². The lowest BCUT2D eigenvalue weighted by molar-refractivity contribution is -0.120. The number of carbonyl (C=O) groups is 2. The molecule has 156 valence electrons. The van der Waals surface area contributed by atoms with Gasteiger partial charge in [-0.15, -0.1) is 6.42 Å². The highest BCUT2D eigenvalue weighted by Gasteiger charge is 2.10. The maximum absolute atomic E-state index is 12.1. The fourth-order valence-electron chi connectivity index (χ4n) is 2.32. The van der Waals surface area contributed by atoms with Crippen LogP contribution in [0.1, 0.15) is 22.3 Å². The van der Waals surface area contributed by atoms with Gasteiger partial charge in [0.25, 0.3) is 5.91 Å². The van der Waals surface area contributed by atoms with Crippen molar-refractivity contribution in [1.82, 2.24) is 10.7 Å². The monoisotopic (exact) mass is 447 g/mol. The number of hydrogen-bond acceptors (Lipinski definition) is 5. The molecular weight excluding hydrogens is 429 g/mol. The minimum Gasteiger partial charge on any atom is -0.493 e. The lowest BCUT2D eigenvalue weighted by atomic mass is 10.2. The normalized spacial score (nSPS) is 10.3. The Balaban J connectivity index is 1.86. The van der Waals surface area contributed by atoms with E-state index < -0.39 is 0 Å². The van der Waals surface area contributed by atoms with Crippen LogP contribution in [0, 0.1) is 12.3 Å². The molecule has 0 aliphatic heterocycles. The number of terminal acetylenes is 1. The zero-order valence-corrected chi connectivity index (χ0v) is 17.6. The number of nitrogens with one attached hydrogen (secondary N) is 2. The van der Waals surface area contributed by atoms with Gasteiger partial charge >= 0.3 is 0 Å². The first-order chi connectivity index (χ1) is 14.5. The zero-order chi connectivity index (χ0) is 21.9. The van der Waals surface area contributed by atoms with Crippen LogP contribution in [0.2, 0.25) is 10.0 Å². The molecule has 0 fully saturated rings. The maximum atomic E-state index is 12.1. The van der Waals surface area contributed by atoms with Gasteiger partial charge in [-0.2, -0.15) is 5.10 Å². The Morgan fingerprint density at radius 2 is 2.03 bits per heavy atom. The summed E-state index contributed by atoms with van der Waals surface area (Å²) in [6, 6.07) is 9.74. The minimum atomic E-state index is -0.380. The fourth-order valence-corrected chi connectivity index (χ4v) is 2.62. The first kappa shape index (κ1) is 23.1. The van der Waals surface area contributed by atoms with Crippen LogP contribution >= 0.6 is 23.2 Å². The van der Waals surface area contributed by atoms with E-state index in [2.05, 4.69) is 21.8 Å². The molecule has 7 nitrogen and oxygen atoms in total. The molecule has 9 heteroatoms. The summed E-state index contributed by atoms with van der Waals surface area (Å²) in [5.41, 5.74) is 3.31. The van der Waals surface area contributed by atoms with Crippen LogP contribution in [0.25, 0.3) is 0 Å². The first-order valence-electron chi connectivity index (χ1n) is 8.74. The minimum absolute atomic E-state index is 0.0307. The number of methoxy groups -OCH3 is 1. The molecule has 2 amide bonds. The fraction of sp³-hybridized carbons (Fsp3) is 0.190. The molecule has 0 saturated carbocycles. The topological polar surface area (TPSA) is 89.0 Å². The Hall–Kier alpha value is -3.21. The van der Waals surface area contributed by atoms with Crippen molar-refractivity contribution in [3.05, 3.63) is 57.6 Å². The standard InChI is InChI=1S/C21H19Cl2N3O4/c1-3-11-30-20-15(5-4-6-18(20)29-2)13-25-26-19(27)9-10-24-21(28)14-7-8-16(22)17(23)12-14/h1,4-8,12-13H,9-11H2,2H3,(H,24,28)(H,26,27). The SMILES string of the molecule is C#CCOc1c(C=NNC(=O)CCNC(=O)c2ccc(Cl)c(Cl)c2)cccc1OC. The van der Waals surface area contributed by atoms with E-state index in [1.165, 1.54) is 25.5 Å². The molecule has 0 unspecified atom stereocenters. The molecule has 0 aliphatic rings. The number of halogens is 2. The third kappa shape index (κ3) is 6.69. The van der Waals surface area contributed by atoms with Gasteiger partial charge in [-0.05, 0) is 30.3 Å². The molecule has 0 saturated heterocycles. The number of nitrogens with zero attached hydrogens (tertiary/aromatic N) is 1. The number of rotatable bonds is 9. The number of ether oxygens (including phenoxy) is 2. The van der Waals surface area contributed by atoms with Gasteiger partial charge in [0.2, 0.25) is 5.91 Å². The van der Waals surface area contributed by atoms with Crippen LogP contribution in [-0.2, 0) is 4.79 Å². The molecule has 30 heavy (non-hydrogen) atoms. The zero-order valence-electron chi connectivity index (χ0n) is 16.1. The van der Waals surface area contributed by atoms with Gasteiger partial charge in [-0.25, -0.2) is 5.43 Å². The van der Waals surface area contributed by atoms with Gasteiger partial charge < -0.3 is 14.8 Å². The van der Waals surface area contributed by atoms with Gasteiger partial charge in [0.15, 0.2) is 11.5 Å². The average molecular weight is 448 g/mol. The molecule has 2 N–H and O–H groups in total. The predicted molar refractivity (Wildman–Crippen MR) is 116 cm³/mol. The maximum Gasteiger partial charge on any atom is 0.251 e. The molecule has 0 bridgehead atoms. The largest absolute Gasteiger partial charge is 0.493 e. The Kier molecular flexibility index (Phi) is 9.01. The molecule has 0 heterocycles. The molecule has 0 aliphatic carbocycles. The Morgan fingerprint density at radius 3 is 2.73 bits per heavy atom. The van der Waals surface area contributed by atoms with Crippen LogP contribution in [0.15, 0.2) is 41.5 Å². The predicted octanol–water partition coefficient (Wildman–Crippen LogP) is 3.28. The van der Waals surface area contributed by atoms with Crippen LogP contribution in [0.3, 0.4) is 0 Å². The summed E-state index contributed by atoms with van der Waals surface area (Å²) in [6.07, 6.45) is 6.68. The smallest absolute Gasteiger partial charge is 0.251 e. The molecule has 0 aromatic heterocycles. The van der Waals surface area contributed by atoms with Crippen molar-refractivity contribution in [1.29, 1.82) is 0 Å². The van der Waals surface area contributed by atoms with E-state index >= 15 is 0 Å². The summed E-state index contributed by atoms with van der Waals surface area (Å²) in [5.74, 6) is 2.55. The van der Waals surface area contributed by atoms with E-state index in [-0.39, 0.29) is 36.4 Å². The van der Waals surface area contributed by atoms with Crippen molar-refractivity contribution in [3.63, 3.8) is 0 Å². The van der Waals surface area contributed by atoms with Crippen LogP contribution in [0.4, 0.5) is 0 Å². The number of para-hydroxylation sites is 1. The summed E-state index contributed by atoms with van der Waals surface area (Å²) in [7, 11) is 1.51. The third-order valence-electron chi connectivity index (χ3n) is 3.74. The highest BCUT2D eigenvalue weighted by molar-refractivity contribution is 6.42. The summed E-state index contributed by atoms with van der Waals surface area (Å²) >= 11 is 11.7. The lowest BCUT2D eigenvalue weighted by Crippen LogP contribution is -2.29. The number of carbonyl (C=O) groups excluding carboxylic acids is 2. The highest BCUT2D eigenvalue weighted by Crippen LogP contribution is 2.29. The van der Waals surface area contributed by atoms with Crippen molar-refractivity contribution in [3.8, 4) is 23.8 Å². The number of amides is 2. The van der Waals surface area contributed by atoms with E-state index in [1.54, 1.807) is 24.3 Å². The quantitative estimate of drug-likeness (QED) is 0.350. The molecule has 0 spiro atoms. The second kappa shape index (κ2) is 11.7. The summed E-state index contributed by atoms with van der Waals surface area (Å²) in [4.78, 5) is 24.0.